The van der Waals surface area contributed by atoms with Gasteiger partial charge >= 0.3 is 0 Å². The third-order valence-corrected chi connectivity index (χ3v) is 4.22. The molecule has 1 aliphatic rings. The zero-order valence-electron chi connectivity index (χ0n) is 14.2. The van der Waals surface area contributed by atoms with Crippen molar-refractivity contribution >= 4 is 35.0 Å². The van der Waals surface area contributed by atoms with Gasteiger partial charge in [0.05, 0.1) is 19.9 Å². The Labute approximate surface area is 151 Å². The molecule has 1 heterocycles. The van der Waals surface area contributed by atoms with Gasteiger partial charge in [-0.25, -0.2) is 0 Å². The highest BCUT2D eigenvalue weighted by atomic mass is 32.1. The van der Waals surface area contributed by atoms with Crippen molar-refractivity contribution < 1.29 is 14.3 Å². The number of nitrogens with one attached hydrogen (secondary N) is 1. The van der Waals surface area contributed by atoms with E-state index in [1.54, 1.807) is 44.6 Å². The number of nitrogens with zero attached hydrogens (tertiary/aromatic N) is 1. The number of methoxy groups -OCH3 is 2. The standard InChI is InChI=1S/C19H18N2O3S/c1-12-10-13(4-9-17(12)24-3)11-16-18(22)21(19(25)20-16)14-5-7-15(23-2)8-6-14/h4-11H,1-3H3,(H,20,25)/b16-11+. The third-order valence-electron chi connectivity index (χ3n) is 3.94. The van der Waals surface area contributed by atoms with E-state index in [1.165, 1.54) is 4.90 Å². The molecule has 128 valence electrons. The minimum absolute atomic E-state index is 0.191. The highest BCUT2D eigenvalue weighted by molar-refractivity contribution is 7.80. The largest absolute Gasteiger partial charge is 0.497 e. The van der Waals surface area contributed by atoms with Gasteiger partial charge in [0.1, 0.15) is 17.2 Å². The van der Waals surface area contributed by atoms with Crippen molar-refractivity contribution in [3.63, 3.8) is 0 Å². The number of amides is 1. The summed E-state index contributed by atoms with van der Waals surface area (Å²) in [6.07, 6.45) is 1.78. The summed E-state index contributed by atoms with van der Waals surface area (Å²) in [5.41, 5.74) is 3.02. The Balaban J connectivity index is 1.88. The molecule has 0 atom stereocenters. The highest BCUT2D eigenvalue weighted by Crippen LogP contribution is 2.25. The van der Waals surface area contributed by atoms with Crippen molar-refractivity contribution in [2.45, 2.75) is 6.92 Å². The normalized spacial score (nSPS) is 15.5. The summed E-state index contributed by atoms with van der Waals surface area (Å²) in [5.74, 6) is 1.34. The lowest BCUT2D eigenvalue weighted by Crippen LogP contribution is -2.30. The Morgan fingerprint density at radius 2 is 1.80 bits per heavy atom. The van der Waals surface area contributed by atoms with Gasteiger partial charge in [-0.2, -0.15) is 0 Å². The Kier molecular flexibility index (Phi) is 4.72. The van der Waals surface area contributed by atoms with Crippen LogP contribution in [-0.2, 0) is 4.79 Å². The van der Waals surface area contributed by atoms with Gasteiger partial charge in [-0.1, -0.05) is 6.07 Å². The molecule has 1 fully saturated rings. The molecule has 1 amide bonds. The van der Waals surface area contributed by atoms with Crippen LogP contribution in [0.5, 0.6) is 11.5 Å². The number of rotatable bonds is 4. The molecule has 0 spiro atoms. The second-order valence-corrected chi connectivity index (χ2v) is 5.94. The summed E-state index contributed by atoms with van der Waals surface area (Å²) in [6, 6.07) is 12.9. The lowest BCUT2D eigenvalue weighted by atomic mass is 10.1. The molecule has 0 aliphatic carbocycles. The van der Waals surface area contributed by atoms with Gasteiger partial charge in [0.15, 0.2) is 5.11 Å². The molecule has 0 unspecified atom stereocenters. The highest BCUT2D eigenvalue weighted by Gasteiger charge is 2.31. The molecule has 25 heavy (non-hydrogen) atoms. The van der Waals surface area contributed by atoms with Crippen LogP contribution >= 0.6 is 12.2 Å². The molecule has 2 aromatic carbocycles. The predicted octanol–water partition coefficient (Wildman–Crippen LogP) is 3.27. The molecule has 2 aromatic rings. The molecule has 1 aliphatic heterocycles. The topological polar surface area (TPSA) is 50.8 Å². The Morgan fingerprint density at radius 1 is 1.08 bits per heavy atom. The number of aryl methyl sites for hydroxylation is 1. The van der Waals surface area contributed by atoms with E-state index < -0.39 is 0 Å². The summed E-state index contributed by atoms with van der Waals surface area (Å²) < 4.78 is 10.4. The number of thiocarbonyl (C=S) groups is 1. The van der Waals surface area contributed by atoms with Crippen LogP contribution in [0.15, 0.2) is 48.2 Å². The van der Waals surface area contributed by atoms with Crippen LogP contribution in [0.2, 0.25) is 0 Å². The number of benzene rings is 2. The predicted molar refractivity (Wildman–Crippen MR) is 102 cm³/mol. The number of ether oxygens (including phenoxy) is 2. The number of carbonyl (C=O) groups is 1. The second kappa shape index (κ2) is 6.94. The van der Waals surface area contributed by atoms with Crippen LogP contribution in [0.3, 0.4) is 0 Å². The smallest absolute Gasteiger partial charge is 0.281 e. The fourth-order valence-electron chi connectivity index (χ4n) is 2.66. The minimum atomic E-state index is -0.191. The van der Waals surface area contributed by atoms with Gasteiger partial charge in [-0.15, -0.1) is 0 Å². The maximum absolute atomic E-state index is 12.7. The first-order valence-corrected chi connectivity index (χ1v) is 8.10. The van der Waals surface area contributed by atoms with E-state index in [1.807, 2.05) is 25.1 Å². The van der Waals surface area contributed by atoms with E-state index in [-0.39, 0.29) is 5.91 Å². The zero-order valence-corrected chi connectivity index (χ0v) is 15.0. The fraction of sp³-hybridized carbons (Fsp3) is 0.158. The van der Waals surface area contributed by atoms with Crippen molar-refractivity contribution in [2.24, 2.45) is 0 Å². The van der Waals surface area contributed by atoms with Crippen LogP contribution in [0.1, 0.15) is 11.1 Å². The quantitative estimate of drug-likeness (QED) is 0.675. The average Bonchev–Trinajstić information content (AvgIpc) is 2.89. The number of anilines is 1. The molecule has 0 bridgehead atoms. The van der Waals surface area contributed by atoms with E-state index in [2.05, 4.69) is 5.32 Å². The molecular formula is C19H18N2O3S. The van der Waals surface area contributed by atoms with Gasteiger partial charge in [0.2, 0.25) is 0 Å². The maximum Gasteiger partial charge on any atom is 0.281 e. The first kappa shape index (κ1) is 17.0. The van der Waals surface area contributed by atoms with E-state index in [0.717, 1.165) is 22.6 Å². The Morgan fingerprint density at radius 3 is 2.40 bits per heavy atom. The van der Waals surface area contributed by atoms with Gasteiger partial charge in [0, 0.05) is 0 Å². The lowest BCUT2D eigenvalue weighted by Gasteiger charge is -2.14. The fourth-order valence-corrected chi connectivity index (χ4v) is 2.96. The molecule has 3 rings (SSSR count). The van der Waals surface area contributed by atoms with Gasteiger partial charge < -0.3 is 14.8 Å². The lowest BCUT2D eigenvalue weighted by molar-refractivity contribution is -0.113. The summed E-state index contributed by atoms with van der Waals surface area (Å²) in [6.45, 7) is 1.96. The van der Waals surface area contributed by atoms with Gasteiger partial charge in [0.25, 0.3) is 5.91 Å². The van der Waals surface area contributed by atoms with Gasteiger partial charge in [-0.3, -0.25) is 9.69 Å². The van der Waals surface area contributed by atoms with Gasteiger partial charge in [-0.05, 0) is 72.7 Å². The van der Waals surface area contributed by atoms with Crippen LogP contribution in [0, 0.1) is 6.92 Å². The number of hydrogen-bond donors (Lipinski definition) is 1. The molecule has 6 heteroatoms. The van der Waals surface area contributed by atoms with E-state index in [0.29, 0.717) is 16.5 Å². The molecular weight excluding hydrogens is 336 g/mol. The molecule has 1 saturated heterocycles. The van der Waals surface area contributed by atoms with E-state index in [9.17, 15) is 4.79 Å². The Hall–Kier alpha value is -2.86. The molecule has 0 radical (unpaired) electrons. The van der Waals surface area contributed by atoms with Crippen LogP contribution in [0.4, 0.5) is 5.69 Å². The monoisotopic (exact) mass is 354 g/mol. The molecule has 0 saturated carbocycles. The first-order chi connectivity index (χ1) is 12.0. The first-order valence-electron chi connectivity index (χ1n) is 7.69. The third kappa shape index (κ3) is 3.34. The van der Waals surface area contributed by atoms with Crippen molar-refractivity contribution in [3.05, 3.63) is 59.3 Å². The maximum atomic E-state index is 12.7. The van der Waals surface area contributed by atoms with Crippen molar-refractivity contribution in [1.82, 2.24) is 5.32 Å². The molecule has 1 N–H and O–H groups in total. The van der Waals surface area contributed by atoms with Crippen molar-refractivity contribution in [1.29, 1.82) is 0 Å². The minimum Gasteiger partial charge on any atom is -0.497 e. The SMILES string of the molecule is COc1ccc(N2C(=O)/C(=C\c3ccc(OC)c(C)c3)NC2=S)cc1. The summed E-state index contributed by atoms with van der Waals surface area (Å²) in [5, 5.41) is 3.34. The number of carbonyl (C=O) groups excluding carboxylic acids is 1. The van der Waals surface area contributed by atoms with Crippen molar-refractivity contribution in [3.8, 4) is 11.5 Å². The Bertz CT molecular complexity index is 859. The summed E-state index contributed by atoms with van der Waals surface area (Å²) >= 11 is 5.32. The van der Waals surface area contributed by atoms with Crippen LogP contribution in [0.25, 0.3) is 6.08 Å². The van der Waals surface area contributed by atoms with Crippen LogP contribution < -0.4 is 19.7 Å². The molecule has 5 nitrogen and oxygen atoms in total. The van der Waals surface area contributed by atoms with Crippen molar-refractivity contribution in [2.75, 3.05) is 19.1 Å². The molecule has 0 aromatic heterocycles. The van der Waals surface area contributed by atoms with Crippen LogP contribution in [-0.4, -0.2) is 25.2 Å². The number of hydrogen-bond acceptors (Lipinski definition) is 4. The summed E-state index contributed by atoms with van der Waals surface area (Å²) in [4.78, 5) is 14.2. The zero-order chi connectivity index (χ0) is 18.0. The average molecular weight is 354 g/mol. The van der Waals surface area contributed by atoms with E-state index in [4.69, 9.17) is 21.7 Å². The summed E-state index contributed by atoms with van der Waals surface area (Å²) in [7, 11) is 3.23. The van der Waals surface area contributed by atoms with E-state index >= 15 is 0 Å². The second-order valence-electron chi connectivity index (χ2n) is 5.56.